The van der Waals surface area contributed by atoms with Crippen LogP contribution in [0, 0.1) is 6.92 Å². The zero-order chi connectivity index (χ0) is 28.8. The first kappa shape index (κ1) is 29.7. The second kappa shape index (κ2) is 12.3. The molecule has 0 aliphatic rings. The van der Waals surface area contributed by atoms with E-state index in [-0.39, 0.29) is 23.5 Å². The van der Waals surface area contributed by atoms with Crippen molar-refractivity contribution in [1.29, 1.82) is 0 Å². The molecular formula is C28H30F3N3O4S. The van der Waals surface area contributed by atoms with Gasteiger partial charge in [-0.15, -0.1) is 0 Å². The highest BCUT2D eigenvalue weighted by Gasteiger charge is 2.35. The molecule has 3 aromatic carbocycles. The Hall–Kier alpha value is -3.86. The van der Waals surface area contributed by atoms with Gasteiger partial charge in [-0.05, 0) is 54.8 Å². The highest BCUT2D eigenvalue weighted by Crippen LogP contribution is 2.33. The molecule has 0 aliphatic heterocycles. The van der Waals surface area contributed by atoms with Crippen molar-refractivity contribution >= 4 is 27.5 Å². The van der Waals surface area contributed by atoms with Crippen LogP contribution in [0.25, 0.3) is 0 Å². The smallest absolute Gasteiger partial charge is 0.357 e. The van der Waals surface area contributed by atoms with Gasteiger partial charge in [0.05, 0.1) is 16.1 Å². The van der Waals surface area contributed by atoms with E-state index in [4.69, 9.17) is 0 Å². The van der Waals surface area contributed by atoms with Gasteiger partial charge in [0.2, 0.25) is 11.8 Å². The predicted molar refractivity (Wildman–Crippen MR) is 142 cm³/mol. The minimum Gasteiger partial charge on any atom is -0.357 e. The molecule has 2 amide bonds. The minimum absolute atomic E-state index is 0.000745. The minimum atomic E-state index is -4.73. The zero-order valence-electron chi connectivity index (χ0n) is 21.8. The average Bonchev–Trinajstić information content (AvgIpc) is 2.92. The summed E-state index contributed by atoms with van der Waals surface area (Å²) in [4.78, 5) is 27.6. The highest BCUT2D eigenvalue weighted by atomic mass is 32.2. The molecule has 0 fully saturated rings. The van der Waals surface area contributed by atoms with Crippen LogP contribution in [0.4, 0.5) is 18.9 Å². The van der Waals surface area contributed by atoms with E-state index in [0.29, 0.717) is 10.4 Å². The van der Waals surface area contributed by atoms with Crippen LogP contribution in [0.1, 0.15) is 30.0 Å². The number of nitrogens with one attached hydrogen (secondary N) is 1. The summed E-state index contributed by atoms with van der Waals surface area (Å²) in [6, 6.07) is 17.2. The summed E-state index contributed by atoms with van der Waals surface area (Å²) >= 11 is 0. The standard InChI is InChI=1S/C28H30F3N3O4S/c1-4-25(27(36)32-3)33(18-21-12-9-8-11-20(21)2)26(35)19-34(39(37,38)24-15-6-5-7-16-24)23-14-10-13-22(17-23)28(29,30)31/h5-17,25H,4,18-19H2,1-3H3,(H,32,36). The summed E-state index contributed by atoms with van der Waals surface area (Å²) in [5, 5.41) is 2.53. The largest absolute Gasteiger partial charge is 0.416 e. The summed E-state index contributed by atoms with van der Waals surface area (Å²) in [7, 11) is -3.04. The van der Waals surface area contributed by atoms with Crippen LogP contribution in [0.3, 0.4) is 0 Å². The molecule has 0 bridgehead atoms. The van der Waals surface area contributed by atoms with Crippen molar-refractivity contribution < 1.29 is 31.2 Å². The maximum absolute atomic E-state index is 13.8. The summed E-state index contributed by atoms with van der Waals surface area (Å²) in [6.45, 7) is 2.73. The maximum atomic E-state index is 13.8. The Morgan fingerprint density at radius 3 is 2.18 bits per heavy atom. The highest BCUT2D eigenvalue weighted by molar-refractivity contribution is 7.92. The lowest BCUT2D eigenvalue weighted by atomic mass is 10.1. The van der Waals surface area contributed by atoms with Gasteiger partial charge in [-0.2, -0.15) is 13.2 Å². The molecule has 39 heavy (non-hydrogen) atoms. The Bertz CT molecular complexity index is 1410. The Balaban J connectivity index is 2.12. The molecule has 0 saturated heterocycles. The lowest BCUT2D eigenvalue weighted by Crippen LogP contribution is -2.51. The normalized spacial score (nSPS) is 12.5. The Morgan fingerprint density at radius 2 is 1.59 bits per heavy atom. The van der Waals surface area contributed by atoms with Crippen LogP contribution in [0.15, 0.2) is 83.8 Å². The van der Waals surface area contributed by atoms with Crippen molar-refractivity contribution in [3.63, 3.8) is 0 Å². The number of carbonyl (C=O) groups excluding carboxylic acids is 2. The number of benzene rings is 3. The fourth-order valence-electron chi connectivity index (χ4n) is 4.14. The van der Waals surface area contributed by atoms with Crippen molar-refractivity contribution in [2.24, 2.45) is 0 Å². The number of halogens is 3. The molecule has 0 spiro atoms. The lowest BCUT2D eigenvalue weighted by Gasteiger charge is -2.33. The Kier molecular flexibility index (Phi) is 9.39. The number of rotatable bonds is 10. The summed E-state index contributed by atoms with van der Waals surface area (Å²) in [6.07, 6.45) is -4.50. The molecule has 0 heterocycles. The van der Waals surface area contributed by atoms with Crippen molar-refractivity contribution in [2.45, 2.75) is 43.9 Å². The van der Waals surface area contributed by atoms with Gasteiger partial charge >= 0.3 is 6.18 Å². The molecule has 1 unspecified atom stereocenters. The van der Waals surface area contributed by atoms with Crippen molar-refractivity contribution in [2.75, 3.05) is 17.9 Å². The van der Waals surface area contributed by atoms with Gasteiger partial charge in [-0.25, -0.2) is 8.42 Å². The third-order valence-corrected chi connectivity index (χ3v) is 8.09. The van der Waals surface area contributed by atoms with Crippen LogP contribution in [0.5, 0.6) is 0 Å². The molecule has 208 valence electrons. The molecule has 0 radical (unpaired) electrons. The Labute approximate surface area is 226 Å². The first-order valence-corrected chi connectivity index (χ1v) is 13.6. The second-order valence-corrected chi connectivity index (χ2v) is 10.7. The lowest BCUT2D eigenvalue weighted by molar-refractivity contribution is -0.140. The van der Waals surface area contributed by atoms with Crippen LogP contribution < -0.4 is 9.62 Å². The molecule has 0 saturated carbocycles. The number of amides is 2. The van der Waals surface area contributed by atoms with Gasteiger partial charge in [0, 0.05) is 13.6 Å². The molecule has 11 heteroatoms. The van der Waals surface area contributed by atoms with E-state index in [1.54, 1.807) is 25.1 Å². The van der Waals surface area contributed by atoms with E-state index < -0.39 is 46.2 Å². The molecule has 1 N–H and O–H groups in total. The summed E-state index contributed by atoms with van der Waals surface area (Å²) < 4.78 is 68.6. The monoisotopic (exact) mass is 561 g/mol. The van der Waals surface area contributed by atoms with Crippen molar-refractivity contribution in [3.8, 4) is 0 Å². The SMILES string of the molecule is CCC(C(=O)NC)N(Cc1ccccc1C)C(=O)CN(c1cccc(C(F)(F)F)c1)S(=O)(=O)c1ccccc1. The maximum Gasteiger partial charge on any atom is 0.416 e. The van der Waals surface area contributed by atoms with E-state index in [9.17, 15) is 31.2 Å². The zero-order valence-corrected chi connectivity index (χ0v) is 22.6. The fourth-order valence-corrected chi connectivity index (χ4v) is 5.57. The van der Waals surface area contributed by atoms with E-state index in [1.807, 2.05) is 19.1 Å². The topological polar surface area (TPSA) is 86.8 Å². The molecule has 0 aromatic heterocycles. The van der Waals surface area contributed by atoms with Crippen molar-refractivity contribution in [3.05, 3.63) is 95.6 Å². The van der Waals surface area contributed by atoms with E-state index in [1.165, 1.54) is 42.3 Å². The van der Waals surface area contributed by atoms with Gasteiger partial charge in [-0.3, -0.25) is 13.9 Å². The quantitative estimate of drug-likeness (QED) is 0.387. The number of likely N-dealkylation sites (N-methyl/N-ethyl adjacent to an activating group) is 1. The number of sulfonamides is 1. The summed E-state index contributed by atoms with van der Waals surface area (Å²) in [5.41, 5.74) is 0.207. The third-order valence-electron chi connectivity index (χ3n) is 6.31. The van der Waals surface area contributed by atoms with Gasteiger partial charge in [0.1, 0.15) is 12.6 Å². The first-order chi connectivity index (χ1) is 18.4. The third kappa shape index (κ3) is 6.97. The van der Waals surface area contributed by atoms with Crippen LogP contribution >= 0.6 is 0 Å². The van der Waals surface area contributed by atoms with Gasteiger partial charge in [0.15, 0.2) is 0 Å². The molecule has 7 nitrogen and oxygen atoms in total. The number of alkyl halides is 3. The predicted octanol–water partition coefficient (Wildman–Crippen LogP) is 4.76. The average molecular weight is 562 g/mol. The molecule has 3 aromatic rings. The fraction of sp³-hybridized carbons (Fsp3) is 0.286. The summed E-state index contributed by atoms with van der Waals surface area (Å²) in [5.74, 6) is -1.19. The molecule has 0 aliphatic carbocycles. The van der Waals surface area contributed by atoms with Crippen LogP contribution in [-0.2, 0) is 32.3 Å². The number of nitrogens with zero attached hydrogens (tertiary/aromatic N) is 2. The number of anilines is 1. The molecule has 3 rings (SSSR count). The number of hydrogen-bond acceptors (Lipinski definition) is 4. The van der Waals surface area contributed by atoms with E-state index in [0.717, 1.165) is 23.3 Å². The number of aryl methyl sites for hydroxylation is 1. The molecular weight excluding hydrogens is 531 g/mol. The number of hydrogen-bond donors (Lipinski definition) is 1. The first-order valence-electron chi connectivity index (χ1n) is 12.2. The van der Waals surface area contributed by atoms with E-state index in [2.05, 4.69) is 5.32 Å². The van der Waals surface area contributed by atoms with Gasteiger partial charge < -0.3 is 10.2 Å². The van der Waals surface area contributed by atoms with Crippen LogP contribution in [-0.4, -0.2) is 44.8 Å². The van der Waals surface area contributed by atoms with Crippen LogP contribution in [0.2, 0.25) is 0 Å². The number of carbonyl (C=O) groups is 2. The second-order valence-electron chi connectivity index (χ2n) is 8.86. The van der Waals surface area contributed by atoms with Crippen molar-refractivity contribution in [1.82, 2.24) is 10.2 Å². The van der Waals surface area contributed by atoms with Gasteiger partial charge in [0.25, 0.3) is 10.0 Å². The van der Waals surface area contributed by atoms with E-state index >= 15 is 0 Å². The molecule has 1 atom stereocenters. The Morgan fingerprint density at radius 1 is 0.949 bits per heavy atom. The van der Waals surface area contributed by atoms with Gasteiger partial charge in [-0.1, -0.05) is 55.5 Å².